The molecule has 0 saturated carbocycles. The van der Waals surface area contributed by atoms with Gasteiger partial charge >= 0.3 is 5.97 Å². The Morgan fingerprint density at radius 3 is 2.65 bits per heavy atom. The maximum Gasteiger partial charge on any atom is 0.316 e. The lowest BCUT2D eigenvalue weighted by molar-refractivity contribution is -0.146. The zero-order chi connectivity index (χ0) is 12.8. The summed E-state index contributed by atoms with van der Waals surface area (Å²) in [6.45, 7) is 3.94. The summed E-state index contributed by atoms with van der Waals surface area (Å²) in [6, 6.07) is 0. The summed E-state index contributed by atoms with van der Waals surface area (Å²) in [5.41, 5.74) is 0. The number of Topliss-reactive ketones (excluding diaryl/α,β-unsaturated/α-hetero) is 1. The van der Waals surface area contributed by atoms with E-state index in [1.165, 1.54) is 0 Å². The zero-order valence-electron chi connectivity index (χ0n) is 10.5. The first kappa shape index (κ1) is 13.4. The first-order valence-electron chi connectivity index (χ1n) is 5.80. The van der Waals surface area contributed by atoms with Crippen LogP contribution in [0.15, 0.2) is 12.4 Å². The molecule has 1 aromatic heterocycles. The summed E-state index contributed by atoms with van der Waals surface area (Å²) in [5.74, 6) is -1.15. The van der Waals surface area contributed by atoms with Crippen LogP contribution in [0, 0.1) is 5.92 Å². The fraction of sp³-hybridized carbons (Fsp3) is 0.583. The van der Waals surface area contributed by atoms with Crippen LogP contribution in [0.5, 0.6) is 0 Å². The summed E-state index contributed by atoms with van der Waals surface area (Å²) in [4.78, 5) is 27.8. The van der Waals surface area contributed by atoms with Crippen LogP contribution < -0.4 is 0 Å². The van der Waals surface area contributed by atoms with Crippen molar-refractivity contribution < 1.29 is 14.3 Å². The third-order valence-electron chi connectivity index (χ3n) is 2.51. The number of esters is 1. The average Bonchev–Trinajstić information content (AvgIpc) is 2.71. The summed E-state index contributed by atoms with van der Waals surface area (Å²) < 4.78 is 6.53. The third-order valence-corrected chi connectivity index (χ3v) is 2.51. The molecule has 0 spiro atoms. The topological polar surface area (TPSA) is 61.2 Å². The minimum atomic E-state index is -0.735. The molecule has 17 heavy (non-hydrogen) atoms. The number of carbonyl (C=O) groups is 2. The number of hydrogen-bond acceptors (Lipinski definition) is 4. The molecule has 5 nitrogen and oxygen atoms in total. The highest BCUT2D eigenvalue weighted by molar-refractivity contribution is 6.06. The smallest absolute Gasteiger partial charge is 0.316 e. The summed E-state index contributed by atoms with van der Waals surface area (Å²) in [6.07, 6.45) is 4.47. The van der Waals surface area contributed by atoms with Gasteiger partial charge in [0.05, 0.1) is 6.61 Å². The van der Waals surface area contributed by atoms with Crippen molar-refractivity contribution in [3.05, 3.63) is 18.2 Å². The maximum atomic E-state index is 12.1. The van der Waals surface area contributed by atoms with E-state index in [4.69, 9.17) is 4.74 Å². The van der Waals surface area contributed by atoms with E-state index < -0.39 is 11.9 Å². The van der Waals surface area contributed by atoms with Crippen molar-refractivity contribution in [1.29, 1.82) is 0 Å². The molecule has 0 aromatic carbocycles. The van der Waals surface area contributed by atoms with Gasteiger partial charge in [-0.3, -0.25) is 9.59 Å². The predicted octanol–water partition coefficient (Wildman–Crippen LogP) is 1.58. The minimum Gasteiger partial charge on any atom is -0.465 e. The number of aryl methyl sites for hydroxylation is 1. The fourth-order valence-corrected chi connectivity index (χ4v) is 1.65. The molecule has 0 aliphatic rings. The monoisotopic (exact) mass is 238 g/mol. The molecule has 0 N–H and O–H groups in total. The molecular weight excluding hydrogens is 220 g/mol. The van der Waals surface area contributed by atoms with Gasteiger partial charge in [0, 0.05) is 19.4 Å². The molecule has 0 aliphatic heterocycles. The van der Waals surface area contributed by atoms with Crippen LogP contribution >= 0.6 is 0 Å². The Bertz CT molecular complexity index is 398. The lowest BCUT2D eigenvalue weighted by atomic mass is 9.98. The molecule has 1 heterocycles. The van der Waals surface area contributed by atoms with Gasteiger partial charge < -0.3 is 9.30 Å². The Morgan fingerprint density at radius 2 is 2.18 bits per heavy atom. The van der Waals surface area contributed by atoms with Crippen LogP contribution in [-0.4, -0.2) is 27.9 Å². The van der Waals surface area contributed by atoms with Crippen LogP contribution in [0.25, 0.3) is 0 Å². The van der Waals surface area contributed by atoms with Gasteiger partial charge in [0.25, 0.3) is 0 Å². The van der Waals surface area contributed by atoms with Gasteiger partial charge in [-0.25, -0.2) is 4.98 Å². The van der Waals surface area contributed by atoms with Crippen LogP contribution in [0.2, 0.25) is 0 Å². The molecule has 1 unspecified atom stereocenters. The number of aromatic nitrogens is 2. The SMILES string of the molecule is CCCC(C(=O)OCC)C(=O)c1nccn1C. The quantitative estimate of drug-likeness (QED) is 0.429. The number of imidazole rings is 1. The summed E-state index contributed by atoms with van der Waals surface area (Å²) in [5, 5.41) is 0. The molecule has 1 rings (SSSR count). The van der Waals surface area contributed by atoms with E-state index in [2.05, 4.69) is 4.98 Å². The van der Waals surface area contributed by atoms with Gasteiger partial charge in [-0.05, 0) is 13.3 Å². The number of ketones is 1. The van der Waals surface area contributed by atoms with Crippen LogP contribution in [0.3, 0.4) is 0 Å². The molecule has 5 heteroatoms. The average molecular weight is 238 g/mol. The number of ether oxygens (including phenoxy) is 1. The van der Waals surface area contributed by atoms with E-state index in [0.29, 0.717) is 12.2 Å². The lowest BCUT2D eigenvalue weighted by Crippen LogP contribution is -2.28. The highest BCUT2D eigenvalue weighted by Crippen LogP contribution is 2.15. The van der Waals surface area contributed by atoms with Crippen molar-refractivity contribution in [3.8, 4) is 0 Å². The summed E-state index contributed by atoms with van der Waals surface area (Å²) >= 11 is 0. The Kier molecular flexibility index (Phi) is 4.87. The second kappa shape index (κ2) is 6.18. The van der Waals surface area contributed by atoms with Crippen molar-refractivity contribution in [3.63, 3.8) is 0 Å². The zero-order valence-corrected chi connectivity index (χ0v) is 10.5. The van der Waals surface area contributed by atoms with Crippen molar-refractivity contribution in [2.45, 2.75) is 26.7 Å². The Hall–Kier alpha value is -1.65. The van der Waals surface area contributed by atoms with Gasteiger partial charge in [-0.2, -0.15) is 0 Å². The van der Waals surface area contributed by atoms with Gasteiger partial charge in [0.1, 0.15) is 5.92 Å². The van der Waals surface area contributed by atoms with Crippen molar-refractivity contribution in [2.75, 3.05) is 6.61 Å². The number of rotatable bonds is 6. The lowest BCUT2D eigenvalue weighted by Gasteiger charge is -2.13. The van der Waals surface area contributed by atoms with E-state index in [1.54, 1.807) is 30.9 Å². The highest BCUT2D eigenvalue weighted by atomic mass is 16.5. The molecule has 0 fully saturated rings. The van der Waals surface area contributed by atoms with E-state index in [-0.39, 0.29) is 12.4 Å². The van der Waals surface area contributed by atoms with E-state index >= 15 is 0 Å². The normalized spacial score (nSPS) is 12.2. The molecule has 0 aliphatic carbocycles. The van der Waals surface area contributed by atoms with Gasteiger partial charge in [-0.15, -0.1) is 0 Å². The van der Waals surface area contributed by atoms with Crippen LogP contribution in [-0.2, 0) is 16.6 Å². The fourth-order valence-electron chi connectivity index (χ4n) is 1.65. The van der Waals surface area contributed by atoms with Crippen LogP contribution in [0.1, 0.15) is 37.3 Å². The summed E-state index contributed by atoms with van der Waals surface area (Å²) in [7, 11) is 1.73. The molecule has 1 atom stereocenters. The van der Waals surface area contributed by atoms with E-state index in [1.807, 2.05) is 6.92 Å². The molecule has 0 saturated heterocycles. The first-order valence-corrected chi connectivity index (χ1v) is 5.80. The standard InChI is InChI=1S/C12H18N2O3/c1-4-6-9(12(16)17-5-2)10(15)11-13-7-8-14(11)3/h7-9H,4-6H2,1-3H3. The Balaban J connectivity index is 2.88. The number of carbonyl (C=O) groups excluding carboxylic acids is 2. The Morgan fingerprint density at radius 1 is 1.47 bits per heavy atom. The van der Waals surface area contributed by atoms with Crippen LogP contribution in [0.4, 0.5) is 0 Å². The van der Waals surface area contributed by atoms with Gasteiger partial charge in [0.15, 0.2) is 5.82 Å². The maximum absolute atomic E-state index is 12.1. The molecular formula is C12H18N2O3. The highest BCUT2D eigenvalue weighted by Gasteiger charge is 2.30. The van der Waals surface area contributed by atoms with E-state index in [0.717, 1.165) is 6.42 Å². The second-order valence-electron chi connectivity index (χ2n) is 3.82. The second-order valence-corrected chi connectivity index (χ2v) is 3.82. The Labute approximate surface area is 101 Å². The molecule has 94 valence electrons. The number of hydrogen-bond donors (Lipinski definition) is 0. The number of nitrogens with zero attached hydrogens (tertiary/aromatic N) is 2. The van der Waals surface area contributed by atoms with Crippen molar-refractivity contribution >= 4 is 11.8 Å². The molecule has 0 bridgehead atoms. The van der Waals surface area contributed by atoms with Crippen molar-refractivity contribution in [1.82, 2.24) is 9.55 Å². The minimum absolute atomic E-state index is 0.266. The largest absolute Gasteiger partial charge is 0.465 e. The van der Waals surface area contributed by atoms with Crippen molar-refractivity contribution in [2.24, 2.45) is 13.0 Å². The van der Waals surface area contributed by atoms with E-state index in [9.17, 15) is 9.59 Å². The van der Waals surface area contributed by atoms with Gasteiger partial charge in [-0.1, -0.05) is 13.3 Å². The molecule has 0 amide bonds. The predicted molar refractivity (Wildman–Crippen MR) is 62.6 cm³/mol. The molecule has 0 radical (unpaired) electrons. The third kappa shape index (κ3) is 3.15. The first-order chi connectivity index (χ1) is 8.11. The molecule has 1 aromatic rings. The van der Waals surface area contributed by atoms with Gasteiger partial charge in [0.2, 0.25) is 5.78 Å².